The van der Waals surface area contributed by atoms with Gasteiger partial charge in [0.05, 0.1) is 17.2 Å². The molecule has 0 N–H and O–H groups in total. The molecule has 0 fully saturated rings. The van der Waals surface area contributed by atoms with Crippen molar-refractivity contribution in [3.63, 3.8) is 0 Å². The molecule has 0 aromatic heterocycles. The number of benzene rings is 1. The second-order valence-corrected chi connectivity index (χ2v) is 2.51. The first-order valence-corrected chi connectivity index (χ1v) is 3.64. The molecule has 0 amide bonds. The Morgan fingerprint density at radius 1 is 1.21 bits per heavy atom. The van der Waals surface area contributed by atoms with Gasteiger partial charge < -0.3 is 0 Å². The van der Waals surface area contributed by atoms with Crippen molar-refractivity contribution in [1.82, 2.24) is 0 Å². The Morgan fingerprint density at radius 2 is 1.79 bits per heavy atom. The summed E-state index contributed by atoms with van der Waals surface area (Å²) in [5.74, 6) is 0. The molecule has 0 heterocycles. The lowest BCUT2D eigenvalue weighted by Crippen LogP contribution is -2.10. The summed E-state index contributed by atoms with van der Waals surface area (Å²) >= 11 is 0. The predicted octanol–water partition coefficient (Wildman–Crippen LogP) is 2.91. The standard InChI is InChI=1S/C10H5F3N/c1-2-7-4-3-5-8(6-14)9(7)10(11,12)13/h3-5H,1H2. The summed E-state index contributed by atoms with van der Waals surface area (Å²) in [6.45, 7) is 3.15. The van der Waals surface area contributed by atoms with Crippen molar-refractivity contribution >= 4 is 0 Å². The molecule has 4 heteroatoms. The van der Waals surface area contributed by atoms with E-state index in [1.165, 1.54) is 18.2 Å². The van der Waals surface area contributed by atoms with E-state index in [0.717, 1.165) is 6.07 Å². The van der Waals surface area contributed by atoms with Gasteiger partial charge in [0.25, 0.3) is 0 Å². The molecule has 1 aromatic rings. The minimum atomic E-state index is -4.55. The second kappa shape index (κ2) is 3.54. The van der Waals surface area contributed by atoms with Crippen LogP contribution in [-0.2, 0) is 6.18 Å². The quantitative estimate of drug-likeness (QED) is 0.677. The molecule has 0 aliphatic carbocycles. The summed E-state index contributed by atoms with van der Waals surface area (Å²) < 4.78 is 37.4. The van der Waals surface area contributed by atoms with E-state index in [-0.39, 0.29) is 5.56 Å². The molecular formula is C10H5F3N. The van der Waals surface area contributed by atoms with E-state index in [0.29, 0.717) is 0 Å². The molecule has 0 saturated carbocycles. The second-order valence-electron chi connectivity index (χ2n) is 2.51. The highest BCUT2D eigenvalue weighted by molar-refractivity contribution is 5.46. The summed E-state index contributed by atoms with van der Waals surface area (Å²) in [6.07, 6.45) is -2.39. The molecule has 0 bridgehead atoms. The number of alkyl halides is 3. The van der Waals surface area contributed by atoms with Crippen LogP contribution in [0.25, 0.3) is 0 Å². The average molecular weight is 196 g/mol. The van der Waals surface area contributed by atoms with Crippen molar-refractivity contribution in [3.05, 3.63) is 47.5 Å². The first kappa shape index (κ1) is 10.3. The van der Waals surface area contributed by atoms with Gasteiger partial charge in [0.2, 0.25) is 0 Å². The van der Waals surface area contributed by atoms with Crippen LogP contribution in [0.2, 0.25) is 0 Å². The first-order valence-electron chi connectivity index (χ1n) is 3.64. The van der Waals surface area contributed by atoms with Gasteiger partial charge in [-0.05, 0) is 17.7 Å². The third kappa shape index (κ3) is 1.77. The van der Waals surface area contributed by atoms with Crippen LogP contribution in [0.15, 0.2) is 24.8 Å². The van der Waals surface area contributed by atoms with E-state index in [1.807, 2.05) is 0 Å². The highest BCUT2D eigenvalue weighted by atomic mass is 19.4. The minimum absolute atomic E-state index is 0.198. The lowest BCUT2D eigenvalue weighted by molar-refractivity contribution is -0.138. The number of rotatable bonds is 1. The van der Waals surface area contributed by atoms with Crippen molar-refractivity contribution < 1.29 is 13.2 Å². The largest absolute Gasteiger partial charge is 0.418 e. The zero-order valence-electron chi connectivity index (χ0n) is 7.02. The number of nitriles is 1. The van der Waals surface area contributed by atoms with Crippen LogP contribution in [0.3, 0.4) is 0 Å². The number of hydrogen-bond acceptors (Lipinski definition) is 1. The zero-order chi connectivity index (χ0) is 10.8. The van der Waals surface area contributed by atoms with Crippen LogP contribution < -0.4 is 0 Å². The molecule has 0 atom stereocenters. The normalized spacial score (nSPS) is 10.7. The predicted molar refractivity (Wildman–Crippen MR) is 44.1 cm³/mol. The van der Waals surface area contributed by atoms with Crippen LogP contribution in [0.5, 0.6) is 0 Å². The lowest BCUT2D eigenvalue weighted by Gasteiger charge is -2.11. The minimum Gasteiger partial charge on any atom is -0.192 e. The van der Waals surface area contributed by atoms with Crippen molar-refractivity contribution in [2.24, 2.45) is 0 Å². The van der Waals surface area contributed by atoms with Gasteiger partial charge in [0.1, 0.15) is 0 Å². The SMILES string of the molecule is C=[C]c1cccc(C#N)c1C(F)(F)F. The summed E-state index contributed by atoms with van der Waals surface area (Å²) in [7, 11) is 0. The van der Waals surface area contributed by atoms with Gasteiger partial charge in [-0.2, -0.15) is 18.4 Å². The Balaban J connectivity index is 3.51. The Kier molecular flexibility index (Phi) is 2.61. The van der Waals surface area contributed by atoms with Crippen LogP contribution >= 0.6 is 0 Å². The van der Waals surface area contributed by atoms with Crippen LogP contribution in [0, 0.1) is 17.4 Å². The highest BCUT2D eigenvalue weighted by Crippen LogP contribution is 2.34. The Morgan fingerprint density at radius 3 is 2.21 bits per heavy atom. The molecule has 0 saturated heterocycles. The van der Waals surface area contributed by atoms with Crippen LogP contribution in [0.1, 0.15) is 16.7 Å². The Hall–Kier alpha value is -1.76. The average Bonchev–Trinajstić information content (AvgIpc) is 2.15. The van der Waals surface area contributed by atoms with Gasteiger partial charge >= 0.3 is 6.18 Å². The maximum absolute atomic E-state index is 12.5. The third-order valence-corrected chi connectivity index (χ3v) is 1.66. The molecule has 0 aliphatic rings. The molecule has 14 heavy (non-hydrogen) atoms. The molecule has 1 radical (unpaired) electrons. The van der Waals surface area contributed by atoms with Crippen molar-refractivity contribution in [3.8, 4) is 6.07 Å². The van der Waals surface area contributed by atoms with Crippen molar-refractivity contribution in [1.29, 1.82) is 5.26 Å². The van der Waals surface area contributed by atoms with Crippen molar-refractivity contribution in [2.45, 2.75) is 6.18 Å². The van der Waals surface area contributed by atoms with Gasteiger partial charge in [0.15, 0.2) is 0 Å². The number of hydrogen-bond donors (Lipinski definition) is 0. The number of halogens is 3. The maximum Gasteiger partial charge on any atom is 0.418 e. The molecule has 0 unspecified atom stereocenters. The highest BCUT2D eigenvalue weighted by Gasteiger charge is 2.35. The van der Waals surface area contributed by atoms with Gasteiger partial charge in [0, 0.05) is 0 Å². The van der Waals surface area contributed by atoms with E-state index in [9.17, 15) is 13.2 Å². The molecule has 0 spiro atoms. The van der Waals surface area contributed by atoms with E-state index in [4.69, 9.17) is 5.26 Å². The Bertz CT molecular complexity index is 399. The molecule has 0 aliphatic heterocycles. The molecule has 1 aromatic carbocycles. The Labute approximate surface area is 79.1 Å². The van der Waals surface area contributed by atoms with E-state index in [2.05, 4.69) is 12.7 Å². The maximum atomic E-state index is 12.5. The summed E-state index contributed by atoms with van der Waals surface area (Å²) in [6, 6.07) is 5.19. The fourth-order valence-corrected chi connectivity index (χ4v) is 1.10. The van der Waals surface area contributed by atoms with E-state index in [1.54, 1.807) is 0 Å². The zero-order valence-corrected chi connectivity index (χ0v) is 7.02. The monoisotopic (exact) mass is 196 g/mol. The fraction of sp³-hybridized carbons (Fsp3) is 0.100. The first-order chi connectivity index (χ1) is 6.50. The van der Waals surface area contributed by atoms with E-state index >= 15 is 0 Å². The van der Waals surface area contributed by atoms with Gasteiger partial charge in [-0.3, -0.25) is 0 Å². The molecule has 71 valence electrons. The topological polar surface area (TPSA) is 23.8 Å². The molecular weight excluding hydrogens is 191 g/mol. The van der Waals surface area contributed by atoms with Crippen LogP contribution in [0.4, 0.5) is 13.2 Å². The summed E-state index contributed by atoms with van der Waals surface area (Å²) in [5, 5.41) is 8.50. The fourth-order valence-electron chi connectivity index (χ4n) is 1.10. The summed E-state index contributed by atoms with van der Waals surface area (Å²) in [4.78, 5) is 0. The third-order valence-electron chi connectivity index (χ3n) is 1.66. The lowest BCUT2D eigenvalue weighted by atomic mass is 10.0. The van der Waals surface area contributed by atoms with E-state index < -0.39 is 17.3 Å². The van der Waals surface area contributed by atoms with Gasteiger partial charge in [-0.1, -0.05) is 18.7 Å². The van der Waals surface area contributed by atoms with Crippen molar-refractivity contribution in [2.75, 3.05) is 0 Å². The smallest absolute Gasteiger partial charge is 0.192 e. The van der Waals surface area contributed by atoms with Gasteiger partial charge in [-0.25, -0.2) is 0 Å². The van der Waals surface area contributed by atoms with Crippen LogP contribution in [-0.4, -0.2) is 0 Å². The summed E-state index contributed by atoms with van der Waals surface area (Å²) in [5.41, 5.74) is -1.58. The van der Waals surface area contributed by atoms with Gasteiger partial charge in [-0.15, -0.1) is 0 Å². The number of nitrogens with zero attached hydrogens (tertiary/aromatic N) is 1. The molecule has 1 nitrogen and oxygen atoms in total. The molecule has 1 rings (SSSR count).